The Balaban J connectivity index is 1.97. The van der Waals surface area contributed by atoms with Crippen LogP contribution in [0.1, 0.15) is 17.7 Å². The molecule has 7 heteroatoms. The fourth-order valence-electron chi connectivity index (χ4n) is 1.97. The largest absolute Gasteiger partial charge is 0.336 e. The van der Waals surface area contributed by atoms with Gasteiger partial charge in [0.25, 0.3) is 0 Å². The summed E-state index contributed by atoms with van der Waals surface area (Å²) in [5.41, 5.74) is -0.0452. The lowest BCUT2D eigenvalue weighted by Gasteiger charge is -2.16. The lowest BCUT2D eigenvalue weighted by atomic mass is 10.1. The van der Waals surface area contributed by atoms with Crippen molar-refractivity contribution in [3.63, 3.8) is 0 Å². The molecule has 1 saturated heterocycles. The third-order valence-electron chi connectivity index (χ3n) is 3.02. The van der Waals surface area contributed by atoms with Gasteiger partial charge in [-0.25, -0.2) is 13.6 Å². The van der Waals surface area contributed by atoms with E-state index in [-0.39, 0.29) is 17.2 Å². The highest BCUT2D eigenvalue weighted by molar-refractivity contribution is 8.00. The van der Waals surface area contributed by atoms with Crippen molar-refractivity contribution in [3.05, 3.63) is 35.4 Å². The Labute approximate surface area is 119 Å². The molecule has 0 spiro atoms. The number of thioether (sulfide) groups is 1. The first-order valence-corrected chi connectivity index (χ1v) is 7.19. The van der Waals surface area contributed by atoms with E-state index in [2.05, 4.69) is 5.32 Å². The average molecular weight is 300 g/mol. The first kappa shape index (κ1) is 14.8. The Bertz CT molecular complexity index is 519. The molecule has 2 rings (SSSR count). The molecule has 0 aromatic heterocycles. The van der Waals surface area contributed by atoms with Gasteiger partial charge in [-0.2, -0.15) is 0 Å². The number of carbonyl (C=O) groups is 2. The Morgan fingerprint density at radius 2 is 2.10 bits per heavy atom. The van der Waals surface area contributed by atoms with E-state index in [0.29, 0.717) is 13.1 Å². The van der Waals surface area contributed by atoms with Crippen molar-refractivity contribution >= 4 is 23.7 Å². The van der Waals surface area contributed by atoms with Gasteiger partial charge in [-0.15, -0.1) is 11.8 Å². The van der Waals surface area contributed by atoms with Crippen LogP contribution >= 0.6 is 11.8 Å². The molecular weight excluding hydrogens is 286 g/mol. The number of nitrogens with zero attached hydrogens (tertiary/aromatic N) is 1. The zero-order chi connectivity index (χ0) is 14.7. The molecule has 0 unspecified atom stereocenters. The Morgan fingerprint density at radius 3 is 2.65 bits per heavy atom. The molecule has 0 saturated carbocycles. The lowest BCUT2D eigenvalue weighted by Crippen LogP contribution is -2.35. The van der Waals surface area contributed by atoms with Crippen molar-refractivity contribution in [2.45, 2.75) is 12.2 Å². The van der Waals surface area contributed by atoms with E-state index < -0.39 is 22.9 Å². The summed E-state index contributed by atoms with van der Waals surface area (Å²) >= 11 is 1.10. The van der Waals surface area contributed by atoms with Crippen LogP contribution < -0.4 is 5.32 Å². The quantitative estimate of drug-likeness (QED) is 0.928. The van der Waals surface area contributed by atoms with Crippen LogP contribution in [0.5, 0.6) is 0 Å². The van der Waals surface area contributed by atoms with E-state index in [1.54, 1.807) is 6.92 Å². The monoisotopic (exact) mass is 300 g/mol. The number of hydrogen-bond acceptors (Lipinski definition) is 3. The maximum absolute atomic E-state index is 13.6. The number of hydrogen-bond donors (Lipinski definition) is 1. The molecule has 0 radical (unpaired) electrons. The number of amides is 3. The average Bonchev–Trinajstić information content (AvgIpc) is 2.82. The summed E-state index contributed by atoms with van der Waals surface area (Å²) in [6.07, 6.45) is 0. The Morgan fingerprint density at radius 1 is 1.45 bits per heavy atom. The number of benzene rings is 1. The molecule has 1 aromatic carbocycles. The molecule has 1 fully saturated rings. The second kappa shape index (κ2) is 6.21. The predicted molar refractivity (Wildman–Crippen MR) is 72.3 cm³/mol. The maximum Gasteiger partial charge on any atom is 0.324 e. The van der Waals surface area contributed by atoms with Gasteiger partial charge in [0.05, 0.1) is 5.75 Å². The Kier molecular flexibility index (Phi) is 4.59. The summed E-state index contributed by atoms with van der Waals surface area (Å²) in [5, 5.41) is 2.02. The van der Waals surface area contributed by atoms with E-state index in [1.807, 2.05) is 0 Å². The van der Waals surface area contributed by atoms with Crippen LogP contribution in [0.4, 0.5) is 13.6 Å². The number of urea groups is 1. The summed E-state index contributed by atoms with van der Waals surface area (Å²) in [4.78, 5) is 24.2. The maximum atomic E-state index is 13.6. The summed E-state index contributed by atoms with van der Waals surface area (Å²) in [5.74, 6) is -1.61. The smallest absolute Gasteiger partial charge is 0.324 e. The molecule has 0 bridgehead atoms. The zero-order valence-electron chi connectivity index (χ0n) is 10.9. The number of carbonyl (C=O) groups excluding carboxylic acids is 2. The molecule has 1 aliphatic heterocycles. The molecule has 1 heterocycles. The van der Waals surface area contributed by atoms with Crippen molar-refractivity contribution < 1.29 is 18.4 Å². The van der Waals surface area contributed by atoms with Crippen molar-refractivity contribution in [1.82, 2.24) is 10.2 Å². The van der Waals surface area contributed by atoms with Crippen LogP contribution in [0.25, 0.3) is 0 Å². The molecule has 3 amide bonds. The van der Waals surface area contributed by atoms with Gasteiger partial charge in [0, 0.05) is 23.9 Å². The van der Waals surface area contributed by atoms with Crippen molar-refractivity contribution in [1.29, 1.82) is 0 Å². The predicted octanol–water partition coefficient (Wildman–Crippen LogP) is 2.31. The van der Waals surface area contributed by atoms with Crippen LogP contribution in [0, 0.1) is 11.6 Å². The van der Waals surface area contributed by atoms with Crippen LogP contribution in [0.15, 0.2) is 18.2 Å². The van der Waals surface area contributed by atoms with Crippen LogP contribution in [0.2, 0.25) is 0 Å². The fourth-order valence-corrected chi connectivity index (χ4v) is 2.91. The van der Waals surface area contributed by atoms with Crippen LogP contribution in [0.3, 0.4) is 0 Å². The van der Waals surface area contributed by atoms with Crippen molar-refractivity contribution in [2.24, 2.45) is 0 Å². The van der Waals surface area contributed by atoms with E-state index in [9.17, 15) is 18.4 Å². The van der Waals surface area contributed by atoms with Crippen molar-refractivity contribution in [2.75, 3.05) is 18.8 Å². The summed E-state index contributed by atoms with van der Waals surface area (Å²) in [6, 6.07) is 3.25. The Hall–Kier alpha value is -1.63. The highest BCUT2D eigenvalue weighted by Crippen LogP contribution is 2.32. The molecule has 20 heavy (non-hydrogen) atoms. The normalized spacial score (nSPS) is 16.1. The van der Waals surface area contributed by atoms with E-state index in [1.165, 1.54) is 18.2 Å². The van der Waals surface area contributed by atoms with E-state index in [4.69, 9.17) is 0 Å². The topological polar surface area (TPSA) is 49.4 Å². The van der Waals surface area contributed by atoms with Crippen LogP contribution in [-0.4, -0.2) is 35.7 Å². The van der Waals surface area contributed by atoms with Gasteiger partial charge in [0.15, 0.2) is 0 Å². The number of rotatable bonds is 4. The molecule has 4 nitrogen and oxygen atoms in total. The minimum absolute atomic E-state index is 0.00234. The third-order valence-corrected chi connectivity index (χ3v) is 4.17. The summed E-state index contributed by atoms with van der Waals surface area (Å²) in [6.45, 7) is 2.40. The molecule has 108 valence electrons. The fraction of sp³-hybridized carbons (Fsp3) is 0.385. The van der Waals surface area contributed by atoms with Gasteiger partial charge in [0.2, 0.25) is 5.91 Å². The van der Waals surface area contributed by atoms with Crippen molar-refractivity contribution in [3.8, 4) is 0 Å². The van der Waals surface area contributed by atoms with Gasteiger partial charge >= 0.3 is 6.03 Å². The van der Waals surface area contributed by atoms with Crippen LogP contribution in [-0.2, 0) is 4.79 Å². The minimum Gasteiger partial charge on any atom is -0.336 e. The third kappa shape index (κ3) is 3.09. The van der Waals surface area contributed by atoms with Gasteiger partial charge in [-0.05, 0) is 19.1 Å². The second-order valence-corrected chi connectivity index (χ2v) is 5.69. The number of nitrogens with one attached hydrogen (secondary N) is 1. The minimum atomic E-state index is -0.628. The van der Waals surface area contributed by atoms with Gasteiger partial charge in [-0.1, -0.05) is 6.07 Å². The summed E-state index contributed by atoms with van der Waals surface area (Å²) in [7, 11) is 0. The molecule has 1 atom stereocenters. The molecule has 0 aliphatic carbocycles. The van der Waals surface area contributed by atoms with Gasteiger partial charge < -0.3 is 5.32 Å². The van der Waals surface area contributed by atoms with Gasteiger partial charge in [-0.3, -0.25) is 9.69 Å². The van der Waals surface area contributed by atoms with E-state index in [0.717, 1.165) is 16.7 Å². The number of halogens is 2. The molecule has 1 N–H and O–H groups in total. The molecule has 1 aromatic rings. The first-order valence-electron chi connectivity index (χ1n) is 6.14. The standard InChI is InChI=1S/C13H14F2N2O2S/c1-8(12-9(14)3-2-4-10(12)15)20-7-11(18)17-6-5-16-13(17)19/h2-4,8H,5-7H2,1H3,(H,16,19)/t8-/m0/s1. The lowest BCUT2D eigenvalue weighted by molar-refractivity contribution is -0.124. The molecule has 1 aliphatic rings. The molecular formula is C13H14F2N2O2S. The highest BCUT2D eigenvalue weighted by Gasteiger charge is 2.27. The zero-order valence-corrected chi connectivity index (χ0v) is 11.7. The summed E-state index contributed by atoms with van der Waals surface area (Å²) < 4.78 is 27.2. The van der Waals surface area contributed by atoms with E-state index >= 15 is 0 Å². The SMILES string of the molecule is C[C@H](SCC(=O)N1CCNC1=O)c1c(F)cccc1F. The second-order valence-electron chi connectivity index (χ2n) is 4.37. The first-order chi connectivity index (χ1) is 9.50. The number of imide groups is 1. The highest BCUT2D eigenvalue weighted by atomic mass is 32.2. The van der Waals surface area contributed by atoms with Gasteiger partial charge in [0.1, 0.15) is 11.6 Å².